The first-order valence-corrected chi connectivity index (χ1v) is 11.3. The summed E-state index contributed by atoms with van der Waals surface area (Å²) in [6.07, 6.45) is 3.07. The zero-order chi connectivity index (χ0) is 21.2. The number of amides is 1. The van der Waals surface area contributed by atoms with Gasteiger partial charge in [-0.1, -0.05) is 29.3 Å². The Morgan fingerprint density at radius 3 is 2.62 bits per heavy atom. The van der Waals surface area contributed by atoms with Crippen LogP contribution in [0.2, 0.25) is 10.0 Å². The lowest BCUT2D eigenvalue weighted by Gasteiger charge is -2.09. The molecule has 29 heavy (non-hydrogen) atoms. The van der Waals surface area contributed by atoms with E-state index in [0.29, 0.717) is 32.9 Å². The number of anilines is 1. The number of aromatic nitrogens is 1. The third-order valence-electron chi connectivity index (χ3n) is 4.23. The standard InChI is InChI=1S/C20H18Cl2N2O4S/c1-12-3-5-14(29(2,26)27)10-17(12)24-19(25)7-8-20-23-11-18(28-20)15-6-4-13(21)9-16(15)22/h3-6,9-11H,7-8H2,1-2H3,(H,24,25). The van der Waals surface area contributed by atoms with Gasteiger partial charge in [-0.15, -0.1) is 0 Å². The maximum absolute atomic E-state index is 12.3. The van der Waals surface area contributed by atoms with E-state index < -0.39 is 9.84 Å². The van der Waals surface area contributed by atoms with Gasteiger partial charge in [0.25, 0.3) is 0 Å². The molecule has 1 N–H and O–H groups in total. The largest absolute Gasteiger partial charge is 0.441 e. The van der Waals surface area contributed by atoms with E-state index in [1.807, 2.05) is 0 Å². The average Bonchev–Trinajstić information content (AvgIpc) is 3.09. The van der Waals surface area contributed by atoms with Crippen LogP contribution in [0.5, 0.6) is 0 Å². The quantitative estimate of drug-likeness (QED) is 0.572. The predicted octanol–water partition coefficient (Wildman–Crippen LogP) is 4.93. The van der Waals surface area contributed by atoms with E-state index in [9.17, 15) is 13.2 Å². The van der Waals surface area contributed by atoms with Crippen LogP contribution < -0.4 is 5.32 Å². The molecule has 0 spiro atoms. The molecule has 3 rings (SSSR count). The number of nitrogens with zero attached hydrogens (tertiary/aromatic N) is 1. The highest BCUT2D eigenvalue weighted by molar-refractivity contribution is 7.90. The van der Waals surface area contributed by atoms with Gasteiger partial charge in [0.15, 0.2) is 21.5 Å². The number of rotatable bonds is 6. The lowest BCUT2D eigenvalue weighted by molar-refractivity contribution is -0.116. The number of benzene rings is 2. The minimum atomic E-state index is -3.36. The molecule has 6 nitrogen and oxygen atoms in total. The van der Waals surface area contributed by atoms with Crippen molar-refractivity contribution in [2.75, 3.05) is 11.6 Å². The van der Waals surface area contributed by atoms with Crippen LogP contribution >= 0.6 is 23.2 Å². The van der Waals surface area contributed by atoms with Crippen LogP contribution in [-0.4, -0.2) is 25.6 Å². The Kier molecular flexibility index (Phi) is 6.31. The molecule has 0 atom stereocenters. The van der Waals surface area contributed by atoms with Crippen LogP contribution in [0.15, 0.2) is 51.9 Å². The van der Waals surface area contributed by atoms with E-state index in [0.717, 1.165) is 11.8 Å². The van der Waals surface area contributed by atoms with E-state index in [1.165, 1.54) is 12.1 Å². The Labute approximate surface area is 178 Å². The molecule has 0 saturated carbocycles. The molecule has 2 aromatic carbocycles. The van der Waals surface area contributed by atoms with Gasteiger partial charge in [0.1, 0.15) is 0 Å². The SMILES string of the molecule is Cc1ccc(S(C)(=O)=O)cc1NC(=O)CCc1ncc(-c2ccc(Cl)cc2Cl)o1. The number of nitrogens with one attached hydrogen (secondary N) is 1. The van der Waals surface area contributed by atoms with Gasteiger partial charge >= 0.3 is 0 Å². The fourth-order valence-electron chi connectivity index (χ4n) is 2.64. The Morgan fingerprint density at radius 1 is 1.17 bits per heavy atom. The summed E-state index contributed by atoms with van der Waals surface area (Å²) in [5, 5.41) is 3.70. The lowest BCUT2D eigenvalue weighted by Crippen LogP contribution is -2.14. The van der Waals surface area contributed by atoms with E-state index in [-0.39, 0.29) is 23.6 Å². The molecule has 9 heteroatoms. The summed E-state index contributed by atoms with van der Waals surface area (Å²) in [6, 6.07) is 9.67. The van der Waals surface area contributed by atoms with Crippen molar-refractivity contribution >= 4 is 44.6 Å². The van der Waals surface area contributed by atoms with Crippen molar-refractivity contribution in [1.29, 1.82) is 0 Å². The molecule has 1 aromatic heterocycles. The van der Waals surface area contributed by atoms with Gasteiger partial charge in [0, 0.05) is 35.4 Å². The molecule has 3 aromatic rings. The molecular formula is C20H18Cl2N2O4S. The number of sulfone groups is 1. The summed E-state index contributed by atoms with van der Waals surface area (Å²) in [5.41, 5.74) is 1.88. The van der Waals surface area contributed by atoms with Crippen molar-refractivity contribution in [2.45, 2.75) is 24.7 Å². The van der Waals surface area contributed by atoms with Crippen LogP contribution in [0.25, 0.3) is 11.3 Å². The van der Waals surface area contributed by atoms with E-state index in [1.54, 1.807) is 37.4 Å². The van der Waals surface area contributed by atoms with Crippen molar-refractivity contribution in [1.82, 2.24) is 4.98 Å². The first kappa shape index (κ1) is 21.4. The number of carbonyl (C=O) groups is 1. The van der Waals surface area contributed by atoms with Gasteiger partial charge in [0.2, 0.25) is 5.91 Å². The van der Waals surface area contributed by atoms with Gasteiger partial charge in [-0.3, -0.25) is 4.79 Å². The monoisotopic (exact) mass is 452 g/mol. The van der Waals surface area contributed by atoms with E-state index >= 15 is 0 Å². The van der Waals surface area contributed by atoms with Crippen molar-refractivity contribution < 1.29 is 17.6 Å². The van der Waals surface area contributed by atoms with Crippen LogP contribution in [0.1, 0.15) is 17.9 Å². The third kappa shape index (κ3) is 5.38. The first-order valence-electron chi connectivity index (χ1n) is 8.64. The van der Waals surface area contributed by atoms with Crippen LogP contribution in [0.3, 0.4) is 0 Å². The van der Waals surface area contributed by atoms with E-state index in [2.05, 4.69) is 10.3 Å². The van der Waals surface area contributed by atoms with Crippen molar-refractivity contribution in [3.8, 4) is 11.3 Å². The third-order valence-corrected chi connectivity index (χ3v) is 5.89. The second kappa shape index (κ2) is 8.57. The average molecular weight is 453 g/mol. The van der Waals surface area contributed by atoms with Gasteiger partial charge in [0.05, 0.1) is 16.1 Å². The Morgan fingerprint density at radius 2 is 1.93 bits per heavy atom. The zero-order valence-corrected chi connectivity index (χ0v) is 18.0. The van der Waals surface area contributed by atoms with Crippen LogP contribution in [-0.2, 0) is 21.1 Å². The van der Waals surface area contributed by atoms with Crippen molar-refractivity contribution in [3.63, 3.8) is 0 Å². The molecule has 1 amide bonds. The Balaban J connectivity index is 1.66. The van der Waals surface area contributed by atoms with Crippen molar-refractivity contribution in [3.05, 3.63) is 64.1 Å². The molecule has 0 radical (unpaired) electrons. The molecule has 1 heterocycles. The maximum atomic E-state index is 12.3. The molecule has 0 aliphatic rings. The lowest BCUT2D eigenvalue weighted by atomic mass is 10.2. The summed E-state index contributed by atoms with van der Waals surface area (Å²) < 4.78 is 29.1. The molecule has 0 aliphatic heterocycles. The Hall–Kier alpha value is -2.35. The maximum Gasteiger partial charge on any atom is 0.224 e. The van der Waals surface area contributed by atoms with E-state index in [4.69, 9.17) is 27.6 Å². The van der Waals surface area contributed by atoms with Gasteiger partial charge in [-0.05, 0) is 42.8 Å². The summed E-state index contributed by atoms with van der Waals surface area (Å²) in [5.74, 6) is 0.601. The number of aryl methyl sites for hydroxylation is 2. The number of halogens is 2. The molecular weight excluding hydrogens is 435 g/mol. The fourth-order valence-corrected chi connectivity index (χ4v) is 3.79. The second-order valence-corrected chi connectivity index (χ2v) is 9.40. The van der Waals surface area contributed by atoms with Crippen LogP contribution in [0, 0.1) is 6.92 Å². The smallest absolute Gasteiger partial charge is 0.224 e. The number of hydrogen-bond acceptors (Lipinski definition) is 5. The first-order chi connectivity index (χ1) is 13.6. The molecule has 0 bridgehead atoms. The van der Waals surface area contributed by atoms with Gasteiger partial charge in [-0.25, -0.2) is 13.4 Å². The highest BCUT2D eigenvalue weighted by atomic mass is 35.5. The number of hydrogen-bond donors (Lipinski definition) is 1. The normalized spacial score (nSPS) is 11.4. The Bertz CT molecular complexity index is 1170. The van der Waals surface area contributed by atoms with Crippen molar-refractivity contribution in [2.24, 2.45) is 0 Å². The number of oxazole rings is 1. The molecule has 0 fully saturated rings. The highest BCUT2D eigenvalue weighted by Gasteiger charge is 2.14. The highest BCUT2D eigenvalue weighted by Crippen LogP contribution is 2.31. The minimum Gasteiger partial charge on any atom is -0.441 e. The summed E-state index contributed by atoms with van der Waals surface area (Å²) in [6.45, 7) is 1.79. The minimum absolute atomic E-state index is 0.122. The predicted molar refractivity (Wildman–Crippen MR) is 113 cm³/mol. The molecule has 152 valence electrons. The van der Waals surface area contributed by atoms with Gasteiger partial charge < -0.3 is 9.73 Å². The second-order valence-electron chi connectivity index (χ2n) is 6.54. The molecule has 0 unspecified atom stereocenters. The summed E-state index contributed by atoms with van der Waals surface area (Å²) >= 11 is 12.1. The summed E-state index contributed by atoms with van der Waals surface area (Å²) in [4.78, 5) is 16.6. The number of carbonyl (C=O) groups excluding carboxylic acids is 1. The summed E-state index contributed by atoms with van der Waals surface area (Å²) in [7, 11) is -3.36. The zero-order valence-electron chi connectivity index (χ0n) is 15.7. The molecule has 0 aliphatic carbocycles. The van der Waals surface area contributed by atoms with Gasteiger partial charge in [-0.2, -0.15) is 0 Å². The molecule has 0 saturated heterocycles. The topological polar surface area (TPSA) is 89.3 Å². The van der Waals surface area contributed by atoms with Crippen LogP contribution in [0.4, 0.5) is 5.69 Å². The fraction of sp³-hybridized carbons (Fsp3) is 0.200.